The Bertz CT molecular complexity index is 441. The highest BCUT2D eigenvalue weighted by molar-refractivity contribution is 5.97. The summed E-state index contributed by atoms with van der Waals surface area (Å²) in [6, 6.07) is 5.40. The van der Waals surface area contributed by atoms with Crippen LogP contribution in [0.3, 0.4) is 0 Å². The molecule has 1 fully saturated rings. The molecule has 2 N–H and O–H groups in total. The van der Waals surface area contributed by atoms with Crippen molar-refractivity contribution in [2.24, 2.45) is 5.92 Å². The van der Waals surface area contributed by atoms with Crippen LogP contribution in [0.4, 0.5) is 11.4 Å². The molecule has 4 nitrogen and oxygen atoms in total. The highest BCUT2D eigenvalue weighted by Crippen LogP contribution is 2.32. The Balaban J connectivity index is 2.23. The molecule has 0 spiro atoms. The van der Waals surface area contributed by atoms with Gasteiger partial charge < -0.3 is 15.4 Å². The normalized spacial score (nSPS) is 14.3. The average molecular weight is 248 g/mol. The SMILES string of the molecule is CCOC(=O)c1cc(N)ccc1N(C)CC1CC1. The highest BCUT2D eigenvalue weighted by Gasteiger charge is 2.25. The van der Waals surface area contributed by atoms with E-state index in [-0.39, 0.29) is 5.97 Å². The van der Waals surface area contributed by atoms with Crippen LogP contribution in [0.2, 0.25) is 0 Å². The lowest BCUT2D eigenvalue weighted by molar-refractivity contribution is 0.0527. The van der Waals surface area contributed by atoms with E-state index in [9.17, 15) is 4.79 Å². The predicted molar refractivity (Wildman–Crippen MR) is 72.8 cm³/mol. The lowest BCUT2D eigenvalue weighted by atomic mass is 10.1. The van der Waals surface area contributed by atoms with Crippen LogP contribution in [0.15, 0.2) is 18.2 Å². The molecule has 18 heavy (non-hydrogen) atoms. The number of nitrogens with two attached hydrogens (primary N) is 1. The Hall–Kier alpha value is -1.71. The minimum absolute atomic E-state index is 0.303. The van der Waals surface area contributed by atoms with Crippen LogP contribution in [0, 0.1) is 5.92 Å². The molecule has 1 aliphatic rings. The first-order valence-corrected chi connectivity index (χ1v) is 6.39. The Morgan fingerprint density at radius 1 is 1.50 bits per heavy atom. The summed E-state index contributed by atoms with van der Waals surface area (Å²) in [5.41, 5.74) is 7.79. The molecule has 2 rings (SSSR count). The number of ether oxygens (including phenoxy) is 1. The third-order valence-electron chi connectivity index (χ3n) is 3.16. The van der Waals surface area contributed by atoms with E-state index >= 15 is 0 Å². The third kappa shape index (κ3) is 2.94. The van der Waals surface area contributed by atoms with E-state index < -0.39 is 0 Å². The van der Waals surface area contributed by atoms with Crippen molar-refractivity contribution in [1.29, 1.82) is 0 Å². The topological polar surface area (TPSA) is 55.6 Å². The number of hydrogen-bond donors (Lipinski definition) is 1. The Morgan fingerprint density at radius 3 is 2.83 bits per heavy atom. The first-order valence-electron chi connectivity index (χ1n) is 6.39. The molecule has 0 radical (unpaired) electrons. The Kier molecular flexibility index (Phi) is 3.75. The molecule has 4 heteroatoms. The number of benzene rings is 1. The van der Waals surface area contributed by atoms with Crippen LogP contribution in [0.5, 0.6) is 0 Å². The van der Waals surface area contributed by atoms with E-state index in [1.165, 1.54) is 12.8 Å². The summed E-state index contributed by atoms with van der Waals surface area (Å²) in [7, 11) is 2.01. The van der Waals surface area contributed by atoms with Gasteiger partial charge in [-0.05, 0) is 43.9 Å². The van der Waals surface area contributed by atoms with Crippen molar-refractivity contribution < 1.29 is 9.53 Å². The van der Waals surface area contributed by atoms with Crippen LogP contribution >= 0.6 is 0 Å². The van der Waals surface area contributed by atoms with E-state index in [2.05, 4.69) is 4.90 Å². The number of esters is 1. The van der Waals surface area contributed by atoms with Gasteiger partial charge >= 0.3 is 5.97 Å². The van der Waals surface area contributed by atoms with Gasteiger partial charge in [0.1, 0.15) is 0 Å². The van der Waals surface area contributed by atoms with Crippen molar-refractivity contribution in [3.8, 4) is 0 Å². The van der Waals surface area contributed by atoms with E-state index in [0.29, 0.717) is 17.9 Å². The van der Waals surface area contributed by atoms with Crippen molar-refractivity contribution >= 4 is 17.3 Å². The molecule has 0 heterocycles. The second-order valence-corrected chi connectivity index (χ2v) is 4.82. The zero-order valence-corrected chi connectivity index (χ0v) is 11.0. The number of hydrogen-bond acceptors (Lipinski definition) is 4. The Labute approximate surface area is 108 Å². The molecule has 0 saturated heterocycles. The first kappa shape index (κ1) is 12.7. The summed E-state index contributed by atoms with van der Waals surface area (Å²) in [4.78, 5) is 14.0. The van der Waals surface area contributed by atoms with Crippen molar-refractivity contribution in [3.05, 3.63) is 23.8 Å². The molecule has 1 aliphatic carbocycles. The van der Waals surface area contributed by atoms with Gasteiger partial charge in [0.25, 0.3) is 0 Å². The van der Waals surface area contributed by atoms with Crippen LogP contribution in [-0.2, 0) is 4.74 Å². The van der Waals surface area contributed by atoms with Crippen LogP contribution in [0.25, 0.3) is 0 Å². The smallest absolute Gasteiger partial charge is 0.340 e. The van der Waals surface area contributed by atoms with Crippen molar-refractivity contribution in [1.82, 2.24) is 0 Å². The van der Waals surface area contributed by atoms with Crippen molar-refractivity contribution in [2.45, 2.75) is 19.8 Å². The average Bonchev–Trinajstić information content (AvgIpc) is 3.13. The lowest BCUT2D eigenvalue weighted by Crippen LogP contribution is -2.23. The molecule has 0 aromatic heterocycles. The van der Waals surface area contributed by atoms with Crippen molar-refractivity contribution in [3.63, 3.8) is 0 Å². The maximum absolute atomic E-state index is 11.9. The van der Waals surface area contributed by atoms with Crippen LogP contribution in [-0.4, -0.2) is 26.2 Å². The van der Waals surface area contributed by atoms with Gasteiger partial charge in [-0.3, -0.25) is 0 Å². The number of nitrogen functional groups attached to an aromatic ring is 1. The molecule has 0 unspecified atom stereocenters. The number of carbonyl (C=O) groups excluding carboxylic acids is 1. The van der Waals surface area contributed by atoms with Crippen LogP contribution < -0.4 is 10.6 Å². The van der Waals surface area contributed by atoms with Crippen LogP contribution in [0.1, 0.15) is 30.1 Å². The van der Waals surface area contributed by atoms with E-state index in [1.807, 2.05) is 19.2 Å². The quantitative estimate of drug-likeness (QED) is 0.641. The van der Waals surface area contributed by atoms with Gasteiger partial charge in [-0.1, -0.05) is 0 Å². The molecule has 1 aromatic rings. The van der Waals surface area contributed by atoms with Gasteiger partial charge in [-0.15, -0.1) is 0 Å². The predicted octanol–water partition coefficient (Wildman–Crippen LogP) is 2.29. The van der Waals surface area contributed by atoms with Gasteiger partial charge in [0.15, 0.2) is 0 Å². The largest absolute Gasteiger partial charge is 0.462 e. The second-order valence-electron chi connectivity index (χ2n) is 4.82. The minimum atomic E-state index is -0.303. The molecule has 0 amide bonds. The number of rotatable bonds is 5. The maximum atomic E-state index is 11.9. The van der Waals surface area contributed by atoms with Gasteiger partial charge in [0.05, 0.1) is 17.9 Å². The molecular formula is C14H20N2O2. The zero-order chi connectivity index (χ0) is 13.1. The van der Waals surface area contributed by atoms with Gasteiger partial charge in [0.2, 0.25) is 0 Å². The summed E-state index contributed by atoms with van der Waals surface area (Å²) in [5.74, 6) is 0.463. The Morgan fingerprint density at radius 2 is 2.22 bits per heavy atom. The summed E-state index contributed by atoms with van der Waals surface area (Å²) < 4.78 is 5.07. The standard InChI is InChI=1S/C14H20N2O2/c1-3-18-14(17)12-8-11(15)6-7-13(12)16(2)9-10-4-5-10/h6-8,10H,3-5,9,15H2,1-2H3. The van der Waals surface area contributed by atoms with E-state index in [0.717, 1.165) is 18.2 Å². The summed E-state index contributed by atoms with van der Waals surface area (Å²) in [6.45, 7) is 3.16. The molecule has 0 bridgehead atoms. The molecule has 0 aliphatic heterocycles. The molecule has 1 aromatic carbocycles. The maximum Gasteiger partial charge on any atom is 0.340 e. The second kappa shape index (κ2) is 5.29. The monoisotopic (exact) mass is 248 g/mol. The van der Waals surface area contributed by atoms with Gasteiger partial charge in [-0.2, -0.15) is 0 Å². The highest BCUT2D eigenvalue weighted by atomic mass is 16.5. The summed E-state index contributed by atoms with van der Waals surface area (Å²) >= 11 is 0. The fraction of sp³-hybridized carbons (Fsp3) is 0.500. The minimum Gasteiger partial charge on any atom is -0.462 e. The summed E-state index contributed by atoms with van der Waals surface area (Å²) in [5, 5.41) is 0. The van der Waals surface area contributed by atoms with Gasteiger partial charge in [-0.25, -0.2) is 4.79 Å². The molecule has 98 valence electrons. The van der Waals surface area contributed by atoms with E-state index in [4.69, 9.17) is 10.5 Å². The first-order chi connectivity index (χ1) is 8.61. The molecular weight excluding hydrogens is 228 g/mol. The van der Waals surface area contributed by atoms with Gasteiger partial charge in [0, 0.05) is 19.3 Å². The lowest BCUT2D eigenvalue weighted by Gasteiger charge is -2.22. The molecule has 0 atom stereocenters. The fourth-order valence-corrected chi connectivity index (χ4v) is 2.04. The number of anilines is 2. The zero-order valence-electron chi connectivity index (χ0n) is 11.0. The van der Waals surface area contributed by atoms with Crippen molar-refractivity contribution in [2.75, 3.05) is 30.8 Å². The third-order valence-corrected chi connectivity index (χ3v) is 3.16. The summed E-state index contributed by atoms with van der Waals surface area (Å²) in [6.07, 6.45) is 2.57. The fourth-order valence-electron chi connectivity index (χ4n) is 2.04. The number of nitrogens with zero attached hydrogens (tertiary/aromatic N) is 1. The van der Waals surface area contributed by atoms with E-state index in [1.54, 1.807) is 13.0 Å². The number of carbonyl (C=O) groups is 1. The molecule has 1 saturated carbocycles.